The Hall–Kier alpha value is -2.14. The molecule has 1 amide bonds. The molecule has 1 aromatic carbocycles. The number of nitrogens with one attached hydrogen (secondary N) is 2. The molecule has 0 saturated carbocycles. The van der Waals surface area contributed by atoms with Gasteiger partial charge in [-0.15, -0.1) is 0 Å². The molecule has 1 aliphatic rings. The summed E-state index contributed by atoms with van der Waals surface area (Å²) < 4.78 is 1.84. The average molecular weight is 340 g/mol. The molecular formula is C20H28N4O. The molecule has 1 saturated heterocycles. The molecule has 5 nitrogen and oxygen atoms in total. The maximum absolute atomic E-state index is 12.4. The Bertz CT molecular complexity index is 712. The highest BCUT2D eigenvalue weighted by Gasteiger charge is 2.18. The smallest absolute Gasteiger partial charge is 0.225 e. The van der Waals surface area contributed by atoms with Gasteiger partial charge in [0, 0.05) is 12.5 Å². The first-order valence-electron chi connectivity index (χ1n) is 9.20. The van der Waals surface area contributed by atoms with Crippen molar-refractivity contribution in [3.63, 3.8) is 0 Å². The van der Waals surface area contributed by atoms with Crippen LogP contribution >= 0.6 is 0 Å². The van der Waals surface area contributed by atoms with Crippen LogP contribution in [0.4, 0.5) is 5.82 Å². The number of hydrogen-bond donors (Lipinski definition) is 2. The van der Waals surface area contributed by atoms with Gasteiger partial charge in [-0.25, -0.2) is 4.68 Å². The molecule has 0 radical (unpaired) electrons. The average Bonchev–Trinajstić information content (AvgIpc) is 3.23. The number of carbonyl (C=O) groups is 1. The van der Waals surface area contributed by atoms with Crippen molar-refractivity contribution in [3.05, 3.63) is 41.6 Å². The lowest BCUT2D eigenvalue weighted by molar-refractivity contribution is -0.116. The summed E-state index contributed by atoms with van der Waals surface area (Å²) in [5.74, 6) is 1.75. The number of aryl methyl sites for hydroxylation is 1. The van der Waals surface area contributed by atoms with Crippen LogP contribution in [0.25, 0.3) is 5.69 Å². The molecule has 134 valence electrons. The lowest BCUT2D eigenvalue weighted by Gasteiger charge is -2.11. The second-order valence-electron chi connectivity index (χ2n) is 7.30. The SMILES string of the molecule is Cc1ccc(-n2nc(C(C)C)cc2NC(=O)CCC2CCNC2)cc1. The minimum absolute atomic E-state index is 0.0652. The van der Waals surface area contributed by atoms with Gasteiger partial charge in [0.15, 0.2) is 0 Å². The summed E-state index contributed by atoms with van der Waals surface area (Å²) >= 11 is 0. The summed E-state index contributed by atoms with van der Waals surface area (Å²) in [7, 11) is 0. The molecule has 2 N–H and O–H groups in total. The molecule has 2 aromatic rings. The van der Waals surface area contributed by atoms with Crippen molar-refractivity contribution in [2.75, 3.05) is 18.4 Å². The number of amides is 1. The van der Waals surface area contributed by atoms with Crippen molar-refractivity contribution in [1.29, 1.82) is 0 Å². The van der Waals surface area contributed by atoms with Crippen molar-refractivity contribution >= 4 is 11.7 Å². The van der Waals surface area contributed by atoms with Crippen LogP contribution in [0.15, 0.2) is 30.3 Å². The molecule has 2 heterocycles. The Morgan fingerprint density at radius 1 is 1.36 bits per heavy atom. The Morgan fingerprint density at radius 3 is 2.76 bits per heavy atom. The zero-order chi connectivity index (χ0) is 17.8. The Kier molecular flexibility index (Phi) is 5.53. The van der Waals surface area contributed by atoms with Crippen LogP contribution in [0.3, 0.4) is 0 Å². The maximum Gasteiger partial charge on any atom is 0.225 e. The van der Waals surface area contributed by atoms with Gasteiger partial charge in [0.25, 0.3) is 0 Å². The third-order valence-corrected chi connectivity index (χ3v) is 4.81. The lowest BCUT2D eigenvalue weighted by atomic mass is 10.0. The highest BCUT2D eigenvalue weighted by molar-refractivity contribution is 5.90. The van der Waals surface area contributed by atoms with E-state index in [0.717, 1.165) is 36.7 Å². The highest BCUT2D eigenvalue weighted by atomic mass is 16.1. The lowest BCUT2D eigenvalue weighted by Crippen LogP contribution is -2.17. The maximum atomic E-state index is 12.4. The number of anilines is 1. The van der Waals surface area contributed by atoms with E-state index in [1.807, 2.05) is 22.9 Å². The van der Waals surface area contributed by atoms with Crippen LogP contribution < -0.4 is 10.6 Å². The van der Waals surface area contributed by atoms with Gasteiger partial charge >= 0.3 is 0 Å². The van der Waals surface area contributed by atoms with E-state index in [2.05, 4.69) is 43.5 Å². The molecule has 1 unspecified atom stereocenters. The summed E-state index contributed by atoms with van der Waals surface area (Å²) in [6, 6.07) is 10.2. The zero-order valence-corrected chi connectivity index (χ0v) is 15.4. The molecule has 1 atom stereocenters. The fraction of sp³-hybridized carbons (Fsp3) is 0.500. The second-order valence-corrected chi connectivity index (χ2v) is 7.30. The van der Waals surface area contributed by atoms with Gasteiger partial charge in [0.05, 0.1) is 11.4 Å². The Labute approximate surface area is 149 Å². The molecule has 25 heavy (non-hydrogen) atoms. The number of nitrogens with zero attached hydrogens (tertiary/aromatic N) is 2. The minimum Gasteiger partial charge on any atom is -0.316 e. The predicted octanol–water partition coefficient (Wildman–Crippen LogP) is 3.63. The van der Waals surface area contributed by atoms with E-state index in [1.54, 1.807) is 0 Å². The molecule has 1 fully saturated rings. The number of carbonyl (C=O) groups excluding carboxylic acids is 1. The molecule has 3 rings (SSSR count). The number of aromatic nitrogens is 2. The van der Waals surface area contributed by atoms with Crippen LogP contribution in [-0.2, 0) is 4.79 Å². The quantitative estimate of drug-likeness (QED) is 0.844. The van der Waals surface area contributed by atoms with Crippen molar-refractivity contribution in [2.24, 2.45) is 5.92 Å². The van der Waals surface area contributed by atoms with E-state index < -0.39 is 0 Å². The normalized spacial score (nSPS) is 17.2. The number of benzene rings is 1. The van der Waals surface area contributed by atoms with E-state index in [-0.39, 0.29) is 5.91 Å². The third kappa shape index (κ3) is 4.48. The molecule has 0 bridgehead atoms. The highest BCUT2D eigenvalue weighted by Crippen LogP contribution is 2.23. The molecule has 0 aliphatic carbocycles. The third-order valence-electron chi connectivity index (χ3n) is 4.81. The second kappa shape index (κ2) is 7.83. The summed E-state index contributed by atoms with van der Waals surface area (Å²) in [4.78, 5) is 12.4. The fourth-order valence-corrected chi connectivity index (χ4v) is 3.15. The largest absolute Gasteiger partial charge is 0.316 e. The van der Waals surface area contributed by atoms with E-state index in [4.69, 9.17) is 5.10 Å². The zero-order valence-electron chi connectivity index (χ0n) is 15.4. The molecule has 0 spiro atoms. The summed E-state index contributed by atoms with van der Waals surface area (Å²) in [6.45, 7) is 8.39. The van der Waals surface area contributed by atoms with E-state index in [9.17, 15) is 4.79 Å². The van der Waals surface area contributed by atoms with Crippen molar-refractivity contribution in [3.8, 4) is 5.69 Å². The van der Waals surface area contributed by atoms with Crippen molar-refractivity contribution in [1.82, 2.24) is 15.1 Å². The van der Waals surface area contributed by atoms with Crippen LogP contribution in [-0.4, -0.2) is 28.8 Å². The first-order valence-corrected chi connectivity index (χ1v) is 9.20. The van der Waals surface area contributed by atoms with Crippen LogP contribution in [0.1, 0.15) is 50.3 Å². The number of hydrogen-bond acceptors (Lipinski definition) is 3. The first kappa shape index (κ1) is 17.7. The Balaban J connectivity index is 1.74. The predicted molar refractivity (Wildman–Crippen MR) is 101 cm³/mol. The van der Waals surface area contributed by atoms with E-state index in [0.29, 0.717) is 18.3 Å². The van der Waals surface area contributed by atoms with Crippen LogP contribution in [0.2, 0.25) is 0 Å². The van der Waals surface area contributed by atoms with Gasteiger partial charge in [0.1, 0.15) is 5.82 Å². The monoisotopic (exact) mass is 340 g/mol. The summed E-state index contributed by atoms with van der Waals surface area (Å²) in [5.41, 5.74) is 3.15. The first-order chi connectivity index (χ1) is 12.0. The van der Waals surface area contributed by atoms with Crippen LogP contribution in [0, 0.1) is 12.8 Å². The summed E-state index contributed by atoms with van der Waals surface area (Å²) in [5, 5.41) is 11.1. The van der Waals surface area contributed by atoms with Gasteiger partial charge in [-0.2, -0.15) is 5.10 Å². The summed E-state index contributed by atoms with van der Waals surface area (Å²) in [6.07, 6.45) is 2.67. The molecular weight excluding hydrogens is 312 g/mol. The van der Waals surface area contributed by atoms with Crippen molar-refractivity contribution < 1.29 is 4.79 Å². The van der Waals surface area contributed by atoms with E-state index >= 15 is 0 Å². The van der Waals surface area contributed by atoms with Gasteiger partial charge in [-0.05, 0) is 56.8 Å². The van der Waals surface area contributed by atoms with Gasteiger partial charge in [0.2, 0.25) is 5.91 Å². The molecule has 5 heteroatoms. The fourth-order valence-electron chi connectivity index (χ4n) is 3.15. The molecule has 1 aliphatic heterocycles. The van der Waals surface area contributed by atoms with Crippen molar-refractivity contribution in [2.45, 2.75) is 46.0 Å². The molecule has 1 aromatic heterocycles. The van der Waals surface area contributed by atoms with Crippen LogP contribution in [0.5, 0.6) is 0 Å². The van der Waals surface area contributed by atoms with E-state index in [1.165, 1.54) is 12.0 Å². The Morgan fingerprint density at radius 2 is 2.12 bits per heavy atom. The topological polar surface area (TPSA) is 59.0 Å². The minimum atomic E-state index is 0.0652. The van der Waals surface area contributed by atoms with Gasteiger partial charge in [-0.1, -0.05) is 31.5 Å². The number of rotatable bonds is 6. The van der Waals surface area contributed by atoms with Gasteiger partial charge < -0.3 is 10.6 Å². The van der Waals surface area contributed by atoms with Gasteiger partial charge in [-0.3, -0.25) is 4.79 Å². The standard InChI is InChI=1S/C20H28N4O/c1-14(2)18-12-19(22-20(25)9-6-16-10-11-21-13-16)24(23-18)17-7-4-15(3)5-8-17/h4-5,7-8,12,14,16,21H,6,9-11,13H2,1-3H3,(H,22,25).